The summed E-state index contributed by atoms with van der Waals surface area (Å²) in [5.41, 5.74) is 0. The molecule has 0 bridgehead atoms. The van der Waals surface area contributed by atoms with Gasteiger partial charge in [-0.15, -0.1) is 0 Å². The number of carbonyl (C=O) groups is 2. The fraction of sp³-hybridized carbons (Fsp3) is 0.833. The highest BCUT2D eigenvalue weighted by atomic mass is 16.6. The number of amides is 1. The van der Waals surface area contributed by atoms with Gasteiger partial charge in [0, 0.05) is 20.5 Å². The Balaban J connectivity index is 2.18. The van der Waals surface area contributed by atoms with Crippen molar-refractivity contribution in [3.8, 4) is 0 Å². The van der Waals surface area contributed by atoms with Gasteiger partial charge in [0.15, 0.2) is 18.0 Å². The standard InChI is InChI=1S/C12H21NO3/c1-4-5-6-7-8-9(14)10-11(16-10)12(15)13(2)3/h10-11H,4-8H2,1-3H3. The lowest BCUT2D eigenvalue weighted by molar-refractivity contribution is -0.130. The van der Waals surface area contributed by atoms with Gasteiger partial charge in [0.25, 0.3) is 5.91 Å². The predicted octanol–water partition coefficient (Wildman–Crippen LogP) is 1.38. The van der Waals surface area contributed by atoms with Crippen molar-refractivity contribution in [1.82, 2.24) is 4.90 Å². The van der Waals surface area contributed by atoms with Crippen molar-refractivity contribution in [3.63, 3.8) is 0 Å². The molecule has 16 heavy (non-hydrogen) atoms. The molecule has 1 heterocycles. The summed E-state index contributed by atoms with van der Waals surface area (Å²) in [5, 5.41) is 0. The Morgan fingerprint density at radius 3 is 2.38 bits per heavy atom. The van der Waals surface area contributed by atoms with Crippen molar-refractivity contribution in [2.24, 2.45) is 0 Å². The molecule has 4 heteroatoms. The molecule has 2 unspecified atom stereocenters. The second-order valence-electron chi connectivity index (χ2n) is 4.49. The fourth-order valence-electron chi connectivity index (χ4n) is 1.67. The number of rotatable bonds is 7. The molecule has 0 N–H and O–H groups in total. The van der Waals surface area contributed by atoms with E-state index in [1.165, 1.54) is 11.3 Å². The Morgan fingerprint density at radius 1 is 1.12 bits per heavy atom. The molecular weight excluding hydrogens is 206 g/mol. The van der Waals surface area contributed by atoms with Crippen molar-refractivity contribution < 1.29 is 14.3 Å². The first-order chi connectivity index (χ1) is 7.57. The average molecular weight is 227 g/mol. The Morgan fingerprint density at radius 2 is 1.81 bits per heavy atom. The van der Waals surface area contributed by atoms with Crippen LogP contribution >= 0.6 is 0 Å². The van der Waals surface area contributed by atoms with Crippen LogP contribution in [0.15, 0.2) is 0 Å². The van der Waals surface area contributed by atoms with Crippen molar-refractivity contribution in [1.29, 1.82) is 0 Å². The molecule has 1 amide bonds. The minimum atomic E-state index is -0.506. The van der Waals surface area contributed by atoms with Gasteiger partial charge in [-0.2, -0.15) is 0 Å². The summed E-state index contributed by atoms with van der Waals surface area (Å²) in [5.74, 6) is -0.0248. The van der Waals surface area contributed by atoms with Crippen LogP contribution in [0.3, 0.4) is 0 Å². The molecule has 1 rings (SSSR count). The zero-order valence-corrected chi connectivity index (χ0v) is 10.4. The number of carbonyl (C=O) groups excluding carboxylic acids is 2. The second kappa shape index (κ2) is 5.99. The van der Waals surface area contributed by atoms with E-state index < -0.39 is 12.2 Å². The van der Waals surface area contributed by atoms with Crippen LogP contribution in [0.2, 0.25) is 0 Å². The SMILES string of the molecule is CCCCCCC(=O)C1OC1C(=O)N(C)C. The minimum Gasteiger partial charge on any atom is -0.351 e. The van der Waals surface area contributed by atoms with E-state index in [0.717, 1.165) is 19.3 Å². The van der Waals surface area contributed by atoms with Crippen LogP contribution in [0.1, 0.15) is 39.0 Å². The number of epoxide rings is 1. The molecule has 1 aliphatic rings. The lowest BCUT2D eigenvalue weighted by Crippen LogP contribution is -2.29. The molecule has 0 aromatic carbocycles. The van der Waals surface area contributed by atoms with Gasteiger partial charge in [0.2, 0.25) is 0 Å². The number of unbranched alkanes of at least 4 members (excludes halogenated alkanes) is 3. The number of hydrogen-bond donors (Lipinski definition) is 0. The van der Waals surface area contributed by atoms with Crippen LogP contribution in [-0.2, 0) is 14.3 Å². The lowest BCUT2D eigenvalue weighted by atomic mass is 10.1. The van der Waals surface area contributed by atoms with E-state index in [9.17, 15) is 9.59 Å². The van der Waals surface area contributed by atoms with Crippen LogP contribution in [0, 0.1) is 0 Å². The number of ketones is 1. The van der Waals surface area contributed by atoms with E-state index >= 15 is 0 Å². The summed E-state index contributed by atoms with van der Waals surface area (Å²) in [6, 6.07) is 0. The maximum Gasteiger partial charge on any atom is 0.254 e. The Bertz CT molecular complexity index is 263. The summed E-state index contributed by atoms with van der Waals surface area (Å²) in [6.07, 6.45) is 3.90. The molecule has 0 aliphatic carbocycles. The van der Waals surface area contributed by atoms with Crippen molar-refractivity contribution in [3.05, 3.63) is 0 Å². The second-order valence-corrected chi connectivity index (χ2v) is 4.49. The molecule has 4 nitrogen and oxygen atoms in total. The molecular formula is C12H21NO3. The molecule has 2 atom stereocenters. The van der Waals surface area contributed by atoms with Gasteiger partial charge in [-0.05, 0) is 6.42 Å². The van der Waals surface area contributed by atoms with Gasteiger partial charge >= 0.3 is 0 Å². The lowest BCUT2D eigenvalue weighted by Gasteiger charge is -2.06. The van der Waals surface area contributed by atoms with Gasteiger partial charge in [0.1, 0.15) is 0 Å². The third-order valence-electron chi connectivity index (χ3n) is 2.77. The van der Waals surface area contributed by atoms with E-state index in [-0.39, 0.29) is 11.7 Å². The van der Waals surface area contributed by atoms with Gasteiger partial charge in [-0.1, -0.05) is 26.2 Å². The van der Waals surface area contributed by atoms with Gasteiger partial charge in [-0.3, -0.25) is 9.59 Å². The predicted molar refractivity (Wildman–Crippen MR) is 61.1 cm³/mol. The van der Waals surface area contributed by atoms with Gasteiger partial charge in [0.05, 0.1) is 0 Å². The molecule has 92 valence electrons. The third kappa shape index (κ3) is 3.59. The number of hydrogen-bond acceptors (Lipinski definition) is 3. The Kier molecular flexibility index (Phi) is 4.93. The topological polar surface area (TPSA) is 49.9 Å². The number of ether oxygens (including phenoxy) is 1. The van der Waals surface area contributed by atoms with Gasteiger partial charge < -0.3 is 9.64 Å². The zero-order chi connectivity index (χ0) is 12.1. The molecule has 0 aromatic heterocycles. The third-order valence-corrected chi connectivity index (χ3v) is 2.77. The summed E-state index contributed by atoms with van der Waals surface area (Å²) < 4.78 is 5.12. The van der Waals surface area contributed by atoms with E-state index in [0.29, 0.717) is 6.42 Å². The maximum absolute atomic E-state index is 11.6. The highest BCUT2D eigenvalue weighted by Crippen LogP contribution is 2.26. The van der Waals surface area contributed by atoms with Crippen molar-refractivity contribution in [2.75, 3.05) is 14.1 Å². The zero-order valence-electron chi connectivity index (χ0n) is 10.4. The highest BCUT2D eigenvalue weighted by molar-refractivity contribution is 5.95. The molecule has 0 radical (unpaired) electrons. The number of likely N-dealkylation sites (N-methyl/N-ethyl adjacent to an activating group) is 1. The largest absolute Gasteiger partial charge is 0.351 e. The molecule has 0 aromatic rings. The van der Waals surface area contributed by atoms with Crippen LogP contribution in [0.4, 0.5) is 0 Å². The average Bonchev–Trinajstić information content (AvgIpc) is 3.02. The first-order valence-electron chi connectivity index (χ1n) is 5.97. The van der Waals surface area contributed by atoms with E-state index in [1.54, 1.807) is 14.1 Å². The summed E-state index contributed by atoms with van der Waals surface area (Å²) >= 11 is 0. The smallest absolute Gasteiger partial charge is 0.254 e. The molecule has 1 aliphatic heterocycles. The molecule has 0 saturated carbocycles. The number of nitrogens with zero attached hydrogens (tertiary/aromatic N) is 1. The quantitative estimate of drug-likeness (QED) is 0.487. The summed E-state index contributed by atoms with van der Waals surface area (Å²) in [7, 11) is 3.35. The van der Waals surface area contributed by atoms with E-state index in [4.69, 9.17) is 4.74 Å². The first-order valence-corrected chi connectivity index (χ1v) is 5.97. The van der Waals surface area contributed by atoms with Crippen LogP contribution in [0.25, 0.3) is 0 Å². The number of Topliss-reactive ketones (excluding diaryl/α,β-unsaturated/α-hetero) is 1. The maximum atomic E-state index is 11.6. The first kappa shape index (κ1) is 13.2. The molecule has 1 saturated heterocycles. The van der Waals surface area contributed by atoms with E-state index in [2.05, 4.69) is 6.92 Å². The van der Waals surface area contributed by atoms with Crippen LogP contribution in [0.5, 0.6) is 0 Å². The highest BCUT2D eigenvalue weighted by Gasteiger charge is 2.49. The fourth-order valence-corrected chi connectivity index (χ4v) is 1.67. The van der Waals surface area contributed by atoms with Crippen molar-refractivity contribution in [2.45, 2.75) is 51.2 Å². The van der Waals surface area contributed by atoms with Crippen molar-refractivity contribution >= 4 is 11.7 Å². The Labute approximate surface area is 96.9 Å². The Hall–Kier alpha value is -0.900. The van der Waals surface area contributed by atoms with Crippen LogP contribution in [-0.4, -0.2) is 42.9 Å². The summed E-state index contributed by atoms with van der Waals surface area (Å²) in [6.45, 7) is 2.14. The minimum absolute atomic E-state index is 0.0799. The monoisotopic (exact) mass is 227 g/mol. The normalized spacial score (nSPS) is 22.9. The van der Waals surface area contributed by atoms with E-state index in [1.807, 2.05) is 0 Å². The van der Waals surface area contributed by atoms with Crippen LogP contribution < -0.4 is 0 Å². The van der Waals surface area contributed by atoms with Gasteiger partial charge in [-0.25, -0.2) is 0 Å². The molecule has 1 fully saturated rings. The summed E-state index contributed by atoms with van der Waals surface area (Å²) in [4.78, 5) is 24.5. The molecule has 0 spiro atoms.